The van der Waals surface area contributed by atoms with Crippen molar-refractivity contribution in [3.05, 3.63) is 40.8 Å². The van der Waals surface area contributed by atoms with Crippen LogP contribution in [0.15, 0.2) is 12.1 Å². The molecule has 176 valence electrons. The first-order valence-corrected chi connectivity index (χ1v) is 10.3. The smallest absolute Gasteiger partial charge is 0.254 e. The number of likely N-dealkylation sites (tertiary alicyclic amines) is 1. The molecule has 1 fully saturated rings. The van der Waals surface area contributed by atoms with Crippen LogP contribution in [0.4, 0.5) is 30.6 Å². The fraction of sp³-hybridized carbons (Fsp3) is 0.429. The number of anilines is 3. The summed E-state index contributed by atoms with van der Waals surface area (Å²) in [5, 5.41) is 5.96. The Labute approximate surface area is 187 Å². The van der Waals surface area contributed by atoms with Crippen molar-refractivity contribution in [2.45, 2.75) is 32.0 Å². The van der Waals surface area contributed by atoms with Gasteiger partial charge in [0, 0.05) is 32.8 Å². The maximum atomic E-state index is 13.4. The molecular formula is C21H23F3N6O3. The van der Waals surface area contributed by atoms with E-state index in [0.29, 0.717) is 35.3 Å². The lowest BCUT2D eigenvalue weighted by molar-refractivity contribution is -0.120. The number of methoxy groups -OCH3 is 1. The van der Waals surface area contributed by atoms with Gasteiger partial charge in [0.25, 0.3) is 5.91 Å². The van der Waals surface area contributed by atoms with Gasteiger partial charge in [0.2, 0.25) is 11.9 Å². The van der Waals surface area contributed by atoms with Crippen molar-refractivity contribution >= 4 is 29.3 Å². The number of aromatic nitrogens is 2. The summed E-state index contributed by atoms with van der Waals surface area (Å²) in [6.07, 6.45) is -0.373. The SMILES string of the molecule is CO[C@H](C)[C@H]1C(=O)Nc2c(C)nc(NC3CN(C(=O)c4cc(F)c(F)c(F)c4)C3)nc2N1C. The maximum absolute atomic E-state index is 13.4. The molecule has 0 unspecified atom stereocenters. The molecule has 33 heavy (non-hydrogen) atoms. The van der Waals surface area contributed by atoms with Crippen LogP contribution in [-0.4, -0.2) is 72.1 Å². The van der Waals surface area contributed by atoms with Gasteiger partial charge in [-0.25, -0.2) is 18.2 Å². The van der Waals surface area contributed by atoms with Gasteiger partial charge in [0.1, 0.15) is 11.7 Å². The maximum Gasteiger partial charge on any atom is 0.254 e. The van der Waals surface area contributed by atoms with Crippen LogP contribution in [0, 0.1) is 24.4 Å². The first-order valence-electron chi connectivity index (χ1n) is 10.3. The van der Waals surface area contributed by atoms with E-state index in [1.807, 2.05) is 0 Å². The van der Waals surface area contributed by atoms with Crippen molar-refractivity contribution in [2.75, 3.05) is 42.8 Å². The van der Waals surface area contributed by atoms with Crippen LogP contribution in [-0.2, 0) is 9.53 Å². The molecule has 2 N–H and O–H groups in total. The minimum absolute atomic E-state index is 0.196. The van der Waals surface area contributed by atoms with E-state index in [1.54, 1.807) is 25.8 Å². The number of aryl methyl sites for hydroxylation is 1. The number of likely N-dealkylation sites (N-methyl/N-ethyl adjacent to an activating group) is 1. The number of halogens is 3. The average molecular weight is 464 g/mol. The van der Waals surface area contributed by atoms with E-state index in [-0.39, 0.29) is 36.7 Å². The lowest BCUT2D eigenvalue weighted by atomic mass is 10.1. The fourth-order valence-corrected chi connectivity index (χ4v) is 3.97. The second-order valence-corrected chi connectivity index (χ2v) is 8.12. The summed E-state index contributed by atoms with van der Waals surface area (Å²) in [5.74, 6) is -4.41. The van der Waals surface area contributed by atoms with Crippen molar-refractivity contribution in [3.8, 4) is 0 Å². The van der Waals surface area contributed by atoms with Gasteiger partial charge in [-0.1, -0.05) is 0 Å². The van der Waals surface area contributed by atoms with Gasteiger partial charge in [-0.2, -0.15) is 4.98 Å². The third-order valence-electron chi connectivity index (χ3n) is 5.89. The van der Waals surface area contributed by atoms with E-state index >= 15 is 0 Å². The molecule has 2 aliphatic heterocycles. The standard InChI is InChI=1S/C21H23F3N6O3/c1-9-16-18(29(3)17(10(2)33-4)19(31)27-16)28-21(25-9)26-12-7-30(8-12)20(32)11-5-13(22)15(24)14(23)6-11/h5-6,10,12,17H,7-8H2,1-4H3,(H,27,31)(H,25,26,28)/t10-,17+/m1/s1. The highest BCUT2D eigenvalue weighted by atomic mass is 19.2. The van der Waals surface area contributed by atoms with Crippen LogP contribution in [0.25, 0.3) is 0 Å². The van der Waals surface area contributed by atoms with Gasteiger partial charge in [-0.3, -0.25) is 9.59 Å². The number of ether oxygens (including phenoxy) is 1. The number of fused-ring (bicyclic) bond motifs is 1. The third-order valence-corrected chi connectivity index (χ3v) is 5.89. The van der Waals surface area contributed by atoms with Crippen LogP contribution in [0.2, 0.25) is 0 Å². The molecule has 0 saturated carbocycles. The predicted molar refractivity (Wildman–Crippen MR) is 114 cm³/mol. The van der Waals surface area contributed by atoms with Crippen molar-refractivity contribution < 1.29 is 27.5 Å². The van der Waals surface area contributed by atoms with Crippen LogP contribution in [0.5, 0.6) is 0 Å². The Morgan fingerprint density at radius 2 is 1.88 bits per heavy atom. The first kappa shape index (κ1) is 22.8. The monoisotopic (exact) mass is 464 g/mol. The van der Waals surface area contributed by atoms with Crippen molar-refractivity contribution in [2.24, 2.45) is 0 Å². The van der Waals surface area contributed by atoms with Crippen LogP contribution >= 0.6 is 0 Å². The second kappa shape index (κ2) is 8.50. The normalized spacial score (nSPS) is 19.0. The summed E-state index contributed by atoms with van der Waals surface area (Å²) in [6, 6.07) is 0.592. The number of carbonyl (C=O) groups is 2. The van der Waals surface area contributed by atoms with E-state index < -0.39 is 29.4 Å². The minimum atomic E-state index is -1.61. The number of rotatable bonds is 5. The van der Waals surface area contributed by atoms with Crippen molar-refractivity contribution in [1.82, 2.24) is 14.9 Å². The summed E-state index contributed by atoms with van der Waals surface area (Å²) < 4.78 is 45.3. The summed E-state index contributed by atoms with van der Waals surface area (Å²) in [4.78, 5) is 37.0. The van der Waals surface area contributed by atoms with Crippen LogP contribution in [0.1, 0.15) is 23.0 Å². The summed E-state index contributed by atoms with van der Waals surface area (Å²) in [6.45, 7) is 4.02. The molecule has 2 atom stereocenters. The molecule has 12 heteroatoms. The lowest BCUT2D eigenvalue weighted by Crippen LogP contribution is -2.57. The molecule has 0 aliphatic carbocycles. The number of hydrogen-bond acceptors (Lipinski definition) is 7. The molecule has 2 aliphatic rings. The van der Waals surface area contributed by atoms with Crippen molar-refractivity contribution in [1.29, 1.82) is 0 Å². The topological polar surface area (TPSA) is 99.7 Å². The molecular weight excluding hydrogens is 441 g/mol. The molecule has 2 amide bonds. The Morgan fingerprint density at radius 1 is 1.24 bits per heavy atom. The summed E-state index contributed by atoms with van der Waals surface area (Å²) >= 11 is 0. The molecule has 0 radical (unpaired) electrons. The van der Waals surface area contributed by atoms with Gasteiger partial charge in [-0.05, 0) is 26.0 Å². The number of nitrogens with zero attached hydrogens (tertiary/aromatic N) is 4. The Kier molecular flexibility index (Phi) is 5.87. The Balaban J connectivity index is 1.45. The van der Waals surface area contributed by atoms with E-state index in [2.05, 4.69) is 20.6 Å². The first-order chi connectivity index (χ1) is 15.6. The van der Waals surface area contributed by atoms with Gasteiger partial charge < -0.3 is 25.2 Å². The Bertz CT molecular complexity index is 1100. The predicted octanol–water partition coefficient (Wildman–Crippen LogP) is 1.93. The van der Waals surface area contributed by atoms with E-state index in [1.165, 1.54) is 12.0 Å². The molecule has 1 saturated heterocycles. The molecule has 9 nitrogen and oxygen atoms in total. The summed E-state index contributed by atoms with van der Waals surface area (Å²) in [5.41, 5.74) is 0.815. The quantitative estimate of drug-likeness (QED) is 0.653. The van der Waals surface area contributed by atoms with Gasteiger partial charge in [-0.15, -0.1) is 0 Å². The van der Waals surface area contributed by atoms with E-state index in [4.69, 9.17) is 4.74 Å². The highest BCUT2D eigenvalue weighted by molar-refractivity contribution is 6.03. The molecule has 0 spiro atoms. The third kappa shape index (κ3) is 4.06. The molecule has 3 heterocycles. The van der Waals surface area contributed by atoms with Gasteiger partial charge in [0.15, 0.2) is 23.3 Å². The van der Waals surface area contributed by atoms with Gasteiger partial charge in [0.05, 0.1) is 17.8 Å². The largest absolute Gasteiger partial charge is 0.379 e. The van der Waals surface area contributed by atoms with Gasteiger partial charge >= 0.3 is 0 Å². The average Bonchev–Trinajstić information content (AvgIpc) is 2.74. The highest BCUT2D eigenvalue weighted by Crippen LogP contribution is 2.33. The number of hydrogen-bond donors (Lipinski definition) is 2. The zero-order valence-corrected chi connectivity index (χ0v) is 18.4. The highest BCUT2D eigenvalue weighted by Gasteiger charge is 2.38. The number of carbonyl (C=O) groups excluding carboxylic acids is 2. The molecule has 4 rings (SSSR count). The van der Waals surface area contributed by atoms with Crippen LogP contribution in [0.3, 0.4) is 0 Å². The van der Waals surface area contributed by atoms with E-state index in [9.17, 15) is 22.8 Å². The lowest BCUT2D eigenvalue weighted by Gasteiger charge is -2.40. The number of benzene rings is 1. The molecule has 2 aromatic rings. The molecule has 1 aromatic carbocycles. The van der Waals surface area contributed by atoms with E-state index in [0.717, 1.165) is 0 Å². The zero-order chi connectivity index (χ0) is 24.0. The molecule has 0 bridgehead atoms. The minimum Gasteiger partial charge on any atom is -0.379 e. The Hall–Kier alpha value is -3.41. The number of amides is 2. The Morgan fingerprint density at radius 3 is 2.48 bits per heavy atom. The molecule has 1 aromatic heterocycles. The van der Waals surface area contributed by atoms with Crippen molar-refractivity contribution in [3.63, 3.8) is 0 Å². The second-order valence-electron chi connectivity index (χ2n) is 8.12. The summed E-state index contributed by atoms with van der Waals surface area (Å²) in [7, 11) is 3.27. The fourth-order valence-electron chi connectivity index (χ4n) is 3.97. The van der Waals surface area contributed by atoms with Crippen LogP contribution < -0.4 is 15.5 Å². The number of nitrogens with one attached hydrogen (secondary N) is 2. The zero-order valence-electron chi connectivity index (χ0n) is 18.4.